The monoisotopic (exact) mass is 339 g/mol. The molecule has 2 atom stereocenters. The molecule has 1 aromatic carbocycles. The van der Waals surface area contributed by atoms with E-state index in [1.54, 1.807) is 0 Å². The average Bonchev–Trinajstić information content (AvgIpc) is 3.29. The van der Waals surface area contributed by atoms with Gasteiger partial charge in [0.25, 0.3) is 5.91 Å². The average molecular weight is 339 g/mol. The van der Waals surface area contributed by atoms with Crippen LogP contribution in [0.4, 0.5) is 0 Å². The van der Waals surface area contributed by atoms with Crippen LogP contribution in [0.15, 0.2) is 34.7 Å². The number of benzene rings is 1. The molecule has 0 bridgehead atoms. The van der Waals surface area contributed by atoms with Crippen LogP contribution in [-0.2, 0) is 6.54 Å². The molecule has 1 saturated heterocycles. The van der Waals surface area contributed by atoms with E-state index in [4.69, 9.17) is 4.42 Å². The molecule has 5 heteroatoms. The number of nitrogens with one attached hydrogen (secondary N) is 1. The molecule has 1 aliphatic carbocycles. The van der Waals surface area contributed by atoms with E-state index in [-0.39, 0.29) is 11.9 Å². The van der Waals surface area contributed by atoms with E-state index >= 15 is 0 Å². The Morgan fingerprint density at radius 3 is 2.80 bits per heavy atom. The molecule has 1 aromatic heterocycles. The topological polar surface area (TPSA) is 58.4 Å². The van der Waals surface area contributed by atoms with Gasteiger partial charge in [0.2, 0.25) is 5.76 Å². The second-order valence-electron chi connectivity index (χ2n) is 7.41. The van der Waals surface area contributed by atoms with Crippen LogP contribution in [0.5, 0.6) is 0 Å². The van der Waals surface area contributed by atoms with E-state index < -0.39 is 0 Å². The molecule has 2 heterocycles. The normalized spacial score (nSPS) is 23.8. The highest BCUT2D eigenvalue weighted by Crippen LogP contribution is 2.40. The Bertz CT molecular complexity index is 752. The van der Waals surface area contributed by atoms with Crippen LogP contribution in [0.1, 0.15) is 59.8 Å². The van der Waals surface area contributed by atoms with Crippen LogP contribution in [0.25, 0.3) is 0 Å². The standard InChI is InChI=1S/C20H25N3O2/c1-13-10-17(12-23(13)11-15-6-4-3-5-7-15)22-19(24)18-14(2)21-20(25-18)16-8-9-16/h3-7,13,16-17H,8-12H2,1-2H3,(H,22,24). The van der Waals surface area contributed by atoms with Crippen molar-refractivity contribution in [3.8, 4) is 0 Å². The lowest BCUT2D eigenvalue weighted by molar-refractivity contribution is 0.0907. The molecular formula is C20H25N3O2. The van der Waals surface area contributed by atoms with Crippen LogP contribution < -0.4 is 5.32 Å². The number of nitrogens with zero attached hydrogens (tertiary/aromatic N) is 2. The van der Waals surface area contributed by atoms with E-state index in [9.17, 15) is 4.79 Å². The lowest BCUT2D eigenvalue weighted by Gasteiger charge is -2.20. The molecule has 25 heavy (non-hydrogen) atoms. The smallest absolute Gasteiger partial charge is 0.289 e. The van der Waals surface area contributed by atoms with Crippen LogP contribution in [-0.4, -0.2) is 34.4 Å². The minimum atomic E-state index is -0.129. The maximum Gasteiger partial charge on any atom is 0.289 e. The number of rotatable bonds is 5. The fourth-order valence-corrected chi connectivity index (χ4v) is 3.63. The SMILES string of the molecule is Cc1nc(C2CC2)oc1C(=O)NC1CC(C)N(Cc2ccccc2)C1. The zero-order valence-electron chi connectivity index (χ0n) is 14.9. The Hall–Kier alpha value is -2.14. The van der Waals surface area contributed by atoms with Gasteiger partial charge >= 0.3 is 0 Å². The Labute approximate surface area is 148 Å². The van der Waals surface area contributed by atoms with Gasteiger partial charge in [0.05, 0.1) is 5.69 Å². The molecule has 0 radical (unpaired) electrons. The lowest BCUT2D eigenvalue weighted by Crippen LogP contribution is -2.37. The van der Waals surface area contributed by atoms with Crippen molar-refractivity contribution in [3.63, 3.8) is 0 Å². The molecule has 0 spiro atoms. The Morgan fingerprint density at radius 2 is 2.08 bits per heavy atom. The lowest BCUT2D eigenvalue weighted by atomic mass is 10.2. The van der Waals surface area contributed by atoms with E-state index in [0.717, 1.165) is 38.2 Å². The van der Waals surface area contributed by atoms with Gasteiger partial charge in [-0.25, -0.2) is 4.98 Å². The van der Waals surface area contributed by atoms with Gasteiger partial charge < -0.3 is 9.73 Å². The molecule has 2 unspecified atom stereocenters. The number of likely N-dealkylation sites (tertiary alicyclic amines) is 1. The van der Waals surface area contributed by atoms with Crippen molar-refractivity contribution >= 4 is 5.91 Å². The van der Waals surface area contributed by atoms with Gasteiger partial charge in [-0.15, -0.1) is 0 Å². The number of aryl methyl sites for hydroxylation is 1. The van der Waals surface area contributed by atoms with E-state index in [0.29, 0.717) is 23.4 Å². The summed E-state index contributed by atoms with van der Waals surface area (Å²) in [4.78, 5) is 19.4. The summed E-state index contributed by atoms with van der Waals surface area (Å²) in [5.74, 6) is 1.41. The van der Waals surface area contributed by atoms with Gasteiger partial charge in [-0.05, 0) is 38.7 Å². The van der Waals surface area contributed by atoms with E-state index in [1.165, 1.54) is 5.56 Å². The number of aromatic nitrogens is 1. The highest BCUT2D eigenvalue weighted by Gasteiger charge is 2.33. The zero-order chi connectivity index (χ0) is 17.4. The summed E-state index contributed by atoms with van der Waals surface area (Å²) >= 11 is 0. The number of oxazole rings is 1. The second kappa shape index (κ2) is 6.64. The number of amides is 1. The Morgan fingerprint density at radius 1 is 1.32 bits per heavy atom. The summed E-state index contributed by atoms with van der Waals surface area (Å²) in [6, 6.07) is 11.1. The number of hydrogen-bond acceptors (Lipinski definition) is 4. The van der Waals surface area contributed by atoms with E-state index in [1.807, 2.05) is 13.0 Å². The third-order valence-electron chi connectivity index (χ3n) is 5.21. The number of carbonyl (C=O) groups is 1. The van der Waals surface area contributed by atoms with Crippen LogP contribution in [0.2, 0.25) is 0 Å². The van der Waals surface area contributed by atoms with Crippen molar-refractivity contribution in [3.05, 3.63) is 53.2 Å². The van der Waals surface area contributed by atoms with E-state index in [2.05, 4.69) is 46.4 Å². The summed E-state index contributed by atoms with van der Waals surface area (Å²) in [6.45, 7) is 5.86. The van der Waals surface area contributed by atoms with Crippen LogP contribution in [0.3, 0.4) is 0 Å². The van der Waals surface area contributed by atoms with Crippen molar-refractivity contribution in [1.82, 2.24) is 15.2 Å². The first-order valence-electron chi connectivity index (χ1n) is 9.16. The van der Waals surface area contributed by atoms with Crippen LogP contribution >= 0.6 is 0 Å². The van der Waals surface area contributed by atoms with Gasteiger partial charge in [0.1, 0.15) is 0 Å². The summed E-state index contributed by atoms with van der Waals surface area (Å²) in [7, 11) is 0. The van der Waals surface area contributed by atoms with Crippen molar-refractivity contribution in [2.24, 2.45) is 0 Å². The predicted octanol–water partition coefficient (Wildman–Crippen LogP) is 3.25. The summed E-state index contributed by atoms with van der Waals surface area (Å²) < 4.78 is 5.72. The summed E-state index contributed by atoms with van der Waals surface area (Å²) in [5.41, 5.74) is 2.01. The molecule has 2 aromatic rings. The zero-order valence-corrected chi connectivity index (χ0v) is 14.9. The first-order valence-corrected chi connectivity index (χ1v) is 9.16. The van der Waals surface area contributed by atoms with Gasteiger partial charge in [0, 0.05) is 31.1 Å². The summed E-state index contributed by atoms with van der Waals surface area (Å²) in [6.07, 6.45) is 3.20. The quantitative estimate of drug-likeness (QED) is 0.908. The third-order valence-corrected chi connectivity index (χ3v) is 5.21. The third kappa shape index (κ3) is 3.61. The van der Waals surface area contributed by atoms with Gasteiger partial charge in [0.15, 0.2) is 5.89 Å². The minimum absolute atomic E-state index is 0.129. The molecular weight excluding hydrogens is 314 g/mol. The molecule has 2 aliphatic rings. The molecule has 1 N–H and O–H groups in total. The Balaban J connectivity index is 1.37. The molecule has 1 saturated carbocycles. The fourth-order valence-electron chi connectivity index (χ4n) is 3.63. The number of carbonyl (C=O) groups excluding carboxylic acids is 1. The highest BCUT2D eigenvalue weighted by atomic mass is 16.4. The molecule has 2 fully saturated rings. The molecule has 132 valence electrons. The van der Waals surface area contributed by atoms with Crippen molar-refractivity contribution in [2.75, 3.05) is 6.54 Å². The highest BCUT2D eigenvalue weighted by molar-refractivity contribution is 5.92. The molecule has 1 aliphatic heterocycles. The number of hydrogen-bond donors (Lipinski definition) is 1. The molecule has 5 nitrogen and oxygen atoms in total. The first-order chi connectivity index (χ1) is 12.1. The van der Waals surface area contributed by atoms with Gasteiger partial charge in [-0.3, -0.25) is 9.69 Å². The molecule has 4 rings (SSSR count). The maximum atomic E-state index is 12.6. The maximum absolute atomic E-state index is 12.6. The van der Waals surface area contributed by atoms with Crippen molar-refractivity contribution < 1.29 is 9.21 Å². The predicted molar refractivity (Wildman–Crippen MR) is 95.4 cm³/mol. The minimum Gasteiger partial charge on any atom is -0.435 e. The van der Waals surface area contributed by atoms with Gasteiger partial charge in [-0.2, -0.15) is 0 Å². The van der Waals surface area contributed by atoms with Gasteiger partial charge in [-0.1, -0.05) is 30.3 Å². The fraction of sp³-hybridized carbons (Fsp3) is 0.500. The van der Waals surface area contributed by atoms with Crippen LogP contribution in [0, 0.1) is 6.92 Å². The Kier molecular flexibility index (Phi) is 4.34. The van der Waals surface area contributed by atoms with Crippen molar-refractivity contribution in [1.29, 1.82) is 0 Å². The summed E-state index contributed by atoms with van der Waals surface area (Å²) in [5, 5.41) is 3.14. The largest absolute Gasteiger partial charge is 0.435 e. The first kappa shape index (κ1) is 16.3. The second-order valence-corrected chi connectivity index (χ2v) is 7.41. The molecule has 1 amide bonds. The van der Waals surface area contributed by atoms with Crippen molar-refractivity contribution in [2.45, 2.75) is 57.7 Å².